The predicted octanol–water partition coefficient (Wildman–Crippen LogP) is 0.235. The molecule has 96 valence electrons. The largest absolute Gasteiger partial charge is 0.229 e. The molecular weight excluding hydrogens is 250 g/mol. The molecule has 1 aliphatic rings. The van der Waals surface area contributed by atoms with E-state index >= 15 is 0 Å². The summed E-state index contributed by atoms with van der Waals surface area (Å²) in [4.78, 5) is 0. The second-order valence-corrected chi connectivity index (χ2v) is 8.35. The van der Waals surface area contributed by atoms with Gasteiger partial charge in [0.1, 0.15) is 0 Å². The number of sulfonamides is 1. The van der Waals surface area contributed by atoms with Crippen molar-refractivity contribution < 1.29 is 16.8 Å². The van der Waals surface area contributed by atoms with Gasteiger partial charge in [-0.15, -0.1) is 0 Å². The Morgan fingerprint density at radius 1 is 1.31 bits per heavy atom. The number of hydrogen-bond acceptors (Lipinski definition) is 4. The lowest BCUT2D eigenvalue weighted by atomic mass is 10.3. The maximum absolute atomic E-state index is 11.9. The molecular formula is C9H19NO4S2. The van der Waals surface area contributed by atoms with Crippen LogP contribution < -0.4 is 0 Å². The van der Waals surface area contributed by atoms with Crippen molar-refractivity contribution >= 4 is 19.9 Å². The summed E-state index contributed by atoms with van der Waals surface area (Å²) in [6.45, 7) is 3.90. The van der Waals surface area contributed by atoms with E-state index in [2.05, 4.69) is 0 Å². The zero-order valence-electron chi connectivity index (χ0n) is 9.72. The Bertz CT molecular complexity index is 426. The van der Waals surface area contributed by atoms with Gasteiger partial charge < -0.3 is 0 Å². The average molecular weight is 269 g/mol. The van der Waals surface area contributed by atoms with E-state index < -0.39 is 19.9 Å². The summed E-state index contributed by atoms with van der Waals surface area (Å²) in [5, 5.41) is 0. The van der Waals surface area contributed by atoms with Crippen LogP contribution in [0.2, 0.25) is 0 Å². The molecule has 1 atom stereocenters. The van der Waals surface area contributed by atoms with Gasteiger partial charge in [-0.25, -0.2) is 16.8 Å². The monoisotopic (exact) mass is 269 g/mol. The van der Waals surface area contributed by atoms with Crippen LogP contribution in [0.1, 0.15) is 26.7 Å². The molecule has 0 spiro atoms. The van der Waals surface area contributed by atoms with Crippen LogP contribution in [0.4, 0.5) is 0 Å². The van der Waals surface area contributed by atoms with E-state index in [-0.39, 0.29) is 23.3 Å². The third kappa shape index (κ3) is 3.18. The van der Waals surface area contributed by atoms with Crippen molar-refractivity contribution in [3.8, 4) is 0 Å². The number of hydrogen-bond donors (Lipinski definition) is 0. The second kappa shape index (κ2) is 5.01. The van der Waals surface area contributed by atoms with Crippen LogP contribution in [0.15, 0.2) is 0 Å². The Morgan fingerprint density at radius 2 is 1.94 bits per heavy atom. The third-order valence-corrected chi connectivity index (χ3v) is 6.69. The Morgan fingerprint density at radius 3 is 2.31 bits per heavy atom. The molecule has 1 saturated heterocycles. The molecule has 0 aromatic rings. The van der Waals surface area contributed by atoms with Gasteiger partial charge in [-0.05, 0) is 12.8 Å². The summed E-state index contributed by atoms with van der Waals surface area (Å²) in [7, 11) is -6.32. The fourth-order valence-corrected chi connectivity index (χ4v) is 5.66. The Balaban J connectivity index is 2.85. The summed E-state index contributed by atoms with van der Waals surface area (Å²) in [6.07, 6.45) is 0.984. The highest BCUT2D eigenvalue weighted by molar-refractivity contribution is 7.92. The van der Waals surface area contributed by atoms with Crippen LogP contribution in [-0.4, -0.2) is 51.0 Å². The summed E-state index contributed by atoms with van der Waals surface area (Å²) in [5.74, 6) is 0.178. The molecule has 1 unspecified atom stereocenters. The zero-order chi connectivity index (χ0) is 12.4. The molecule has 0 aliphatic carbocycles. The van der Waals surface area contributed by atoms with E-state index in [0.29, 0.717) is 19.4 Å². The van der Waals surface area contributed by atoms with Gasteiger partial charge in [0.25, 0.3) is 0 Å². The topological polar surface area (TPSA) is 71.5 Å². The van der Waals surface area contributed by atoms with Crippen molar-refractivity contribution in [1.29, 1.82) is 0 Å². The number of rotatable bonds is 5. The van der Waals surface area contributed by atoms with Gasteiger partial charge in [0.15, 0.2) is 9.84 Å². The van der Waals surface area contributed by atoms with Crippen molar-refractivity contribution in [3.05, 3.63) is 0 Å². The zero-order valence-corrected chi connectivity index (χ0v) is 11.3. The first kappa shape index (κ1) is 13.9. The highest BCUT2D eigenvalue weighted by atomic mass is 32.2. The quantitative estimate of drug-likeness (QED) is 0.716. The van der Waals surface area contributed by atoms with Gasteiger partial charge in [-0.1, -0.05) is 13.8 Å². The molecule has 0 amide bonds. The van der Waals surface area contributed by atoms with E-state index in [1.54, 1.807) is 13.8 Å². The molecule has 16 heavy (non-hydrogen) atoms. The van der Waals surface area contributed by atoms with Crippen molar-refractivity contribution in [2.45, 2.75) is 32.7 Å². The molecule has 0 aromatic carbocycles. The Hall–Kier alpha value is -0.140. The minimum Gasteiger partial charge on any atom is -0.229 e. The van der Waals surface area contributed by atoms with Gasteiger partial charge in [0.2, 0.25) is 10.0 Å². The van der Waals surface area contributed by atoms with Crippen molar-refractivity contribution in [1.82, 2.24) is 4.31 Å². The molecule has 0 bridgehead atoms. The lowest BCUT2D eigenvalue weighted by Gasteiger charge is -2.25. The van der Waals surface area contributed by atoms with Crippen molar-refractivity contribution in [2.75, 3.05) is 23.8 Å². The molecule has 5 nitrogen and oxygen atoms in total. The van der Waals surface area contributed by atoms with Gasteiger partial charge in [0.05, 0.1) is 17.3 Å². The number of sulfone groups is 1. The van der Waals surface area contributed by atoms with Gasteiger partial charge >= 0.3 is 0 Å². The summed E-state index contributed by atoms with van der Waals surface area (Å²) < 4.78 is 47.8. The highest BCUT2D eigenvalue weighted by Gasteiger charge is 2.36. The first-order chi connectivity index (χ1) is 7.32. The molecule has 1 rings (SSSR count). The lowest BCUT2D eigenvalue weighted by Crippen LogP contribution is -2.42. The van der Waals surface area contributed by atoms with Crippen molar-refractivity contribution in [2.24, 2.45) is 0 Å². The molecule has 1 fully saturated rings. The van der Waals surface area contributed by atoms with Crippen molar-refractivity contribution in [3.63, 3.8) is 0 Å². The molecule has 0 radical (unpaired) electrons. The molecule has 0 aromatic heterocycles. The van der Waals surface area contributed by atoms with Gasteiger partial charge in [0, 0.05) is 12.6 Å². The normalized spacial score (nSPS) is 25.1. The average Bonchev–Trinajstić information content (AvgIpc) is 2.46. The second-order valence-electron chi connectivity index (χ2n) is 4.08. The van der Waals surface area contributed by atoms with Crippen LogP contribution in [0.5, 0.6) is 0 Å². The van der Waals surface area contributed by atoms with Crippen LogP contribution in [-0.2, 0) is 19.9 Å². The number of nitrogens with zero attached hydrogens (tertiary/aromatic N) is 1. The fraction of sp³-hybridized carbons (Fsp3) is 1.00. The van der Waals surface area contributed by atoms with Gasteiger partial charge in [-0.2, -0.15) is 4.31 Å². The third-order valence-electron chi connectivity index (χ3n) is 2.75. The molecule has 7 heteroatoms. The van der Waals surface area contributed by atoms with Gasteiger partial charge in [-0.3, -0.25) is 0 Å². The first-order valence-corrected chi connectivity index (χ1v) is 8.95. The maximum Gasteiger partial charge on any atom is 0.214 e. The van der Waals surface area contributed by atoms with Crippen LogP contribution in [0.3, 0.4) is 0 Å². The lowest BCUT2D eigenvalue weighted by molar-refractivity contribution is 0.354. The SMILES string of the molecule is CCCS(=O)(=O)N(CC)C1CCS(=O)(=O)C1. The summed E-state index contributed by atoms with van der Waals surface area (Å²) in [6, 6.07) is -0.355. The van der Waals surface area contributed by atoms with E-state index in [4.69, 9.17) is 0 Å². The smallest absolute Gasteiger partial charge is 0.214 e. The molecule has 0 saturated carbocycles. The molecule has 0 N–H and O–H groups in total. The Labute approximate surface area is 97.8 Å². The van der Waals surface area contributed by atoms with E-state index in [1.165, 1.54) is 4.31 Å². The fourth-order valence-electron chi connectivity index (χ4n) is 2.06. The molecule has 1 heterocycles. The highest BCUT2D eigenvalue weighted by Crippen LogP contribution is 2.20. The van der Waals surface area contributed by atoms with Crippen LogP contribution in [0.25, 0.3) is 0 Å². The predicted molar refractivity (Wildman–Crippen MR) is 63.5 cm³/mol. The van der Waals surface area contributed by atoms with E-state index in [0.717, 1.165) is 0 Å². The van der Waals surface area contributed by atoms with E-state index in [1.807, 2.05) is 0 Å². The first-order valence-electron chi connectivity index (χ1n) is 5.52. The summed E-state index contributed by atoms with van der Waals surface area (Å²) in [5.41, 5.74) is 0. The molecule has 1 aliphatic heterocycles. The Kier molecular flexibility index (Phi) is 4.36. The maximum atomic E-state index is 11.9. The minimum atomic E-state index is -3.29. The summed E-state index contributed by atoms with van der Waals surface area (Å²) >= 11 is 0. The van der Waals surface area contributed by atoms with Crippen LogP contribution in [0, 0.1) is 0 Å². The minimum absolute atomic E-state index is 0.0240. The van der Waals surface area contributed by atoms with Crippen LogP contribution >= 0.6 is 0 Å². The van der Waals surface area contributed by atoms with E-state index in [9.17, 15) is 16.8 Å². The standard InChI is InChI=1S/C9H19NO4S2/c1-3-6-16(13,14)10(4-2)9-5-7-15(11,12)8-9/h9H,3-8H2,1-2H3.